The minimum atomic E-state index is -0.235. The van der Waals surface area contributed by atoms with E-state index < -0.39 is 0 Å². The van der Waals surface area contributed by atoms with Crippen molar-refractivity contribution < 1.29 is 13.9 Å². The predicted octanol–water partition coefficient (Wildman–Crippen LogP) is 3.66. The van der Waals surface area contributed by atoms with Gasteiger partial charge in [-0.15, -0.1) is 0 Å². The maximum atomic E-state index is 13.7. The number of halogens is 1. The van der Waals surface area contributed by atoms with Crippen molar-refractivity contribution in [3.05, 3.63) is 35.6 Å². The van der Waals surface area contributed by atoms with Crippen molar-refractivity contribution >= 4 is 5.91 Å². The van der Waals surface area contributed by atoms with Crippen LogP contribution in [0, 0.1) is 40.8 Å². The van der Waals surface area contributed by atoms with E-state index in [1.54, 1.807) is 0 Å². The second-order valence-corrected chi connectivity index (χ2v) is 9.58. The molecular formula is C23H27FN2O2. The van der Waals surface area contributed by atoms with Gasteiger partial charge in [-0.1, -0.05) is 12.1 Å². The zero-order valence-electron chi connectivity index (χ0n) is 16.4. The largest absolute Gasteiger partial charge is 0.378 e. The van der Waals surface area contributed by atoms with Gasteiger partial charge in [-0.2, -0.15) is 5.26 Å². The highest BCUT2D eigenvalue weighted by atomic mass is 19.1. The summed E-state index contributed by atoms with van der Waals surface area (Å²) < 4.78 is 19.7. The van der Waals surface area contributed by atoms with Crippen LogP contribution in [0.2, 0.25) is 0 Å². The molecule has 148 valence electrons. The minimum Gasteiger partial charge on any atom is -0.378 e. The topological polar surface area (TPSA) is 53.3 Å². The summed E-state index contributed by atoms with van der Waals surface area (Å²) >= 11 is 0. The SMILES string of the molecule is COC12CC3CC(C1)C(CC(=O)N1CC(C#N)C1)(c1ccc(F)cc1)C(C3)C2. The van der Waals surface area contributed by atoms with Crippen molar-refractivity contribution in [1.82, 2.24) is 4.90 Å². The third-order valence-electron chi connectivity index (χ3n) is 8.27. The van der Waals surface area contributed by atoms with Gasteiger partial charge in [0.05, 0.1) is 17.6 Å². The summed E-state index contributed by atoms with van der Waals surface area (Å²) in [6.07, 6.45) is 5.85. The zero-order valence-corrected chi connectivity index (χ0v) is 16.4. The van der Waals surface area contributed by atoms with E-state index in [1.807, 2.05) is 24.1 Å². The number of nitriles is 1. The highest BCUT2D eigenvalue weighted by Crippen LogP contribution is 2.66. The molecule has 4 aliphatic carbocycles. The Kier molecular flexibility index (Phi) is 4.07. The van der Waals surface area contributed by atoms with E-state index in [1.165, 1.54) is 12.1 Å². The maximum Gasteiger partial charge on any atom is 0.223 e. The van der Waals surface area contributed by atoms with Crippen molar-refractivity contribution in [2.24, 2.45) is 23.7 Å². The number of nitrogens with zero attached hydrogens (tertiary/aromatic N) is 2. The molecule has 6 rings (SSSR count). The number of likely N-dealkylation sites (tertiary alicyclic amines) is 1. The first-order valence-corrected chi connectivity index (χ1v) is 10.5. The van der Waals surface area contributed by atoms with Crippen LogP contribution in [-0.2, 0) is 14.9 Å². The van der Waals surface area contributed by atoms with Gasteiger partial charge < -0.3 is 9.64 Å². The van der Waals surface area contributed by atoms with Crippen LogP contribution in [0.5, 0.6) is 0 Å². The molecule has 0 spiro atoms. The molecule has 0 N–H and O–H groups in total. The van der Waals surface area contributed by atoms with E-state index >= 15 is 0 Å². The first kappa shape index (κ1) is 18.1. The van der Waals surface area contributed by atoms with E-state index in [4.69, 9.17) is 10.00 Å². The van der Waals surface area contributed by atoms with Crippen LogP contribution in [-0.4, -0.2) is 36.6 Å². The lowest BCUT2D eigenvalue weighted by molar-refractivity contribution is -0.185. The molecule has 2 atom stereocenters. The monoisotopic (exact) mass is 382 g/mol. The highest BCUT2D eigenvalue weighted by molar-refractivity contribution is 5.79. The minimum absolute atomic E-state index is 0.0269. The third-order valence-corrected chi connectivity index (χ3v) is 8.27. The third kappa shape index (κ3) is 2.54. The van der Waals surface area contributed by atoms with Crippen LogP contribution in [0.3, 0.4) is 0 Å². The molecule has 1 aromatic carbocycles. The van der Waals surface area contributed by atoms with Gasteiger partial charge in [0.1, 0.15) is 5.82 Å². The molecule has 1 aromatic rings. The summed E-state index contributed by atoms with van der Waals surface area (Å²) in [6.45, 7) is 1.10. The molecule has 5 fully saturated rings. The molecule has 1 saturated heterocycles. The van der Waals surface area contributed by atoms with Crippen LogP contribution >= 0.6 is 0 Å². The highest BCUT2D eigenvalue weighted by Gasteiger charge is 2.63. The van der Waals surface area contributed by atoms with E-state index in [-0.39, 0.29) is 28.7 Å². The number of carbonyl (C=O) groups is 1. The van der Waals surface area contributed by atoms with Crippen LogP contribution < -0.4 is 0 Å². The molecule has 0 radical (unpaired) electrons. The number of ether oxygens (including phenoxy) is 1. The zero-order chi connectivity index (χ0) is 19.5. The average Bonchev–Trinajstić information content (AvgIpc) is 2.64. The molecule has 4 bridgehead atoms. The molecule has 2 unspecified atom stereocenters. The smallest absolute Gasteiger partial charge is 0.223 e. The fourth-order valence-corrected chi connectivity index (χ4v) is 7.02. The van der Waals surface area contributed by atoms with E-state index in [0.717, 1.165) is 37.7 Å². The normalized spacial score (nSPS) is 38.9. The Balaban J connectivity index is 1.51. The Labute approximate surface area is 165 Å². The number of methoxy groups -OCH3 is 1. The van der Waals surface area contributed by atoms with Crippen LogP contribution in [0.1, 0.15) is 44.1 Å². The summed E-state index contributed by atoms with van der Waals surface area (Å²) in [5, 5.41) is 9.05. The molecule has 1 amide bonds. The van der Waals surface area contributed by atoms with E-state index in [0.29, 0.717) is 37.3 Å². The van der Waals surface area contributed by atoms with Gasteiger partial charge in [-0.25, -0.2) is 4.39 Å². The van der Waals surface area contributed by atoms with Gasteiger partial charge in [0.25, 0.3) is 0 Å². The van der Waals surface area contributed by atoms with Crippen molar-refractivity contribution in [1.29, 1.82) is 5.26 Å². The van der Waals surface area contributed by atoms with Crippen LogP contribution in [0.15, 0.2) is 24.3 Å². The molecular weight excluding hydrogens is 355 g/mol. The van der Waals surface area contributed by atoms with E-state index in [9.17, 15) is 9.18 Å². The Morgan fingerprint density at radius 3 is 2.43 bits per heavy atom. The summed E-state index contributed by atoms with van der Waals surface area (Å²) in [6, 6.07) is 9.12. The summed E-state index contributed by atoms with van der Waals surface area (Å²) in [7, 11) is 1.83. The van der Waals surface area contributed by atoms with Gasteiger partial charge in [-0.3, -0.25) is 4.79 Å². The molecule has 1 aliphatic heterocycles. The first-order valence-electron chi connectivity index (χ1n) is 10.5. The number of amides is 1. The van der Waals surface area contributed by atoms with Gasteiger partial charge in [0.15, 0.2) is 0 Å². The number of rotatable bonds is 4. The van der Waals surface area contributed by atoms with Crippen molar-refractivity contribution in [3.8, 4) is 6.07 Å². The standard InChI is InChI=1S/C23H27FN2O2/c1-28-22-8-15-6-18(9-22)23(19(7-15)10-22,17-2-4-20(24)5-3-17)11-21(27)26-13-16(12-25)14-26/h2-5,15-16,18-19H,6-11,13-14H2,1H3. The van der Waals surface area contributed by atoms with Crippen molar-refractivity contribution in [2.45, 2.75) is 49.5 Å². The molecule has 28 heavy (non-hydrogen) atoms. The van der Waals surface area contributed by atoms with Crippen LogP contribution in [0.4, 0.5) is 4.39 Å². The Hall–Kier alpha value is -1.93. The lowest BCUT2D eigenvalue weighted by atomic mass is 9.41. The second kappa shape index (κ2) is 6.29. The predicted molar refractivity (Wildman–Crippen MR) is 102 cm³/mol. The van der Waals surface area contributed by atoms with Gasteiger partial charge in [0.2, 0.25) is 5.91 Å². The number of benzene rings is 1. The Morgan fingerprint density at radius 2 is 1.86 bits per heavy atom. The molecule has 0 aromatic heterocycles. The molecule has 4 saturated carbocycles. The lowest BCUT2D eigenvalue weighted by Gasteiger charge is -2.65. The van der Waals surface area contributed by atoms with Crippen LogP contribution in [0.25, 0.3) is 0 Å². The molecule has 1 heterocycles. The van der Waals surface area contributed by atoms with Gasteiger partial charge >= 0.3 is 0 Å². The fraction of sp³-hybridized carbons (Fsp3) is 0.652. The summed E-state index contributed by atoms with van der Waals surface area (Å²) in [4.78, 5) is 15.0. The molecule has 5 heteroatoms. The van der Waals surface area contributed by atoms with Gasteiger partial charge in [-0.05, 0) is 67.6 Å². The first-order chi connectivity index (χ1) is 13.5. The maximum absolute atomic E-state index is 13.7. The lowest BCUT2D eigenvalue weighted by Crippen LogP contribution is -2.64. The van der Waals surface area contributed by atoms with E-state index in [2.05, 4.69) is 6.07 Å². The van der Waals surface area contributed by atoms with Gasteiger partial charge in [0, 0.05) is 32.0 Å². The molecule has 4 nitrogen and oxygen atoms in total. The number of carbonyl (C=O) groups excluding carboxylic acids is 1. The van der Waals surface area contributed by atoms with Crippen molar-refractivity contribution in [3.63, 3.8) is 0 Å². The number of hydrogen-bond acceptors (Lipinski definition) is 3. The van der Waals surface area contributed by atoms with Crippen molar-refractivity contribution in [2.75, 3.05) is 20.2 Å². The quantitative estimate of drug-likeness (QED) is 0.799. The number of hydrogen-bond donors (Lipinski definition) is 0. The fourth-order valence-electron chi connectivity index (χ4n) is 7.02. The Bertz CT molecular complexity index is 808. The Morgan fingerprint density at radius 1 is 1.21 bits per heavy atom. The second-order valence-electron chi connectivity index (χ2n) is 9.58. The summed E-state index contributed by atoms with van der Waals surface area (Å²) in [5.74, 6) is 1.34. The summed E-state index contributed by atoms with van der Waals surface area (Å²) in [5.41, 5.74) is 0.840. The average molecular weight is 382 g/mol. The molecule has 5 aliphatic rings.